The molecule has 0 radical (unpaired) electrons. The number of hydrogen-bond donors (Lipinski definition) is 2. The van der Waals surface area contributed by atoms with Gasteiger partial charge < -0.3 is 10.4 Å². The van der Waals surface area contributed by atoms with Crippen LogP contribution in [0.25, 0.3) is 0 Å². The van der Waals surface area contributed by atoms with E-state index in [1.807, 2.05) is 26.0 Å². The van der Waals surface area contributed by atoms with Crippen LogP contribution in [0, 0.1) is 6.92 Å². The minimum Gasteiger partial charge on any atom is -0.480 e. The quantitative estimate of drug-likeness (QED) is 0.723. The minimum absolute atomic E-state index is 0.0146. The minimum atomic E-state index is -1.28. The van der Waals surface area contributed by atoms with Crippen molar-refractivity contribution in [3.05, 3.63) is 35.4 Å². The van der Waals surface area contributed by atoms with Crippen LogP contribution in [0.5, 0.6) is 0 Å². The third-order valence-electron chi connectivity index (χ3n) is 3.59. The van der Waals surface area contributed by atoms with Gasteiger partial charge in [-0.1, -0.05) is 43.2 Å². The fourth-order valence-electron chi connectivity index (χ4n) is 2.20. The highest BCUT2D eigenvalue weighted by atomic mass is 16.4. The number of carbonyl (C=O) groups is 3. The van der Waals surface area contributed by atoms with Gasteiger partial charge in [-0.2, -0.15) is 0 Å². The second kappa shape index (κ2) is 7.73. The number of hydrogen-bond acceptors (Lipinski definition) is 3. The molecule has 0 fully saturated rings. The van der Waals surface area contributed by atoms with Crippen LogP contribution >= 0.6 is 0 Å². The Balaban J connectivity index is 2.56. The molecule has 1 aromatic carbocycles. The van der Waals surface area contributed by atoms with Gasteiger partial charge in [0.2, 0.25) is 5.91 Å². The summed E-state index contributed by atoms with van der Waals surface area (Å²) in [6.07, 6.45) is 1.04. The second-order valence-electron chi connectivity index (χ2n) is 5.72. The molecule has 22 heavy (non-hydrogen) atoms. The molecule has 2 N–H and O–H groups in total. The van der Waals surface area contributed by atoms with Crippen molar-refractivity contribution >= 4 is 17.7 Å². The van der Waals surface area contributed by atoms with E-state index in [1.54, 1.807) is 12.1 Å². The highest BCUT2D eigenvalue weighted by Gasteiger charge is 2.33. The molecule has 1 aromatic rings. The predicted octanol–water partition coefficient (Wildman–Crippen LogP) is 2.72. The second-order valence-corrected chi connectivity index (χ2v) is 5.72. The van der Waals surface area contributed by atoms with Crippen LogP contribution in [-0.4, -0.2) is 28.3 Å². The lowest BCUT2D eigenvalue weighted by Gasteiger charge is -2.25. The van der Waals surface area contributed by atoms with E-state index >= 15 is 0 Å². The van der Waals surface area contributed by atoms with E-state index in [-0.39, 0.29) is 18.6 Å². The van der Waals surface area contributed by atoms with Crippen LogP contribution in [0.1, 0.15) is 55.5 Å². The van der Waals surface area contributed by atoms with Crippen molar-refractivity contribution < 1.29 is 19.5 Å². The lowest BCUT2D eigenvalue weighted by atomic mass is 9.95. The monoisotopic (exact) mass is 305 g/mol. The number of ketones is 1. The van der Waals surface area contributed by atoms with Gasteiger partial charge in [-0.3, -0.25) is 9.59 Å². The molecule has 0 aromatic heterocycles. The summed E-state index contributed by atoms with van der Waals surface area (Å²) in [7, 11) is 0. The number of Topliss-reactive ketones (excluding diaryl/α,β-unsaturated/α-hetero) is 1. The Morgan fingerprint density at radius 2 is 1.73 bits per heavy atom. The van der Waals surface area contributed by atoms with E-state index < -0.39 is 17.4 Å². The van der Waals surface area contributed by atoms with Gasteiger partial charge in [0.25, 0.3) is 0 Å². The number of aliphatic carboxylic acids is 1. The number of nitrogens with one attached hydrogen (secondary N) is 1. The van der Waals surface area contributed by atoms with Crippen molar-refractivity contribution in [3.8, 4) is 0 Å². The van der Waals surface area contributed by atoms with Gasteiger partial charge in [-0.05, 0) is 20.3 Å². The summed E-state index contributed by atoms with van der Waals surface area (Å²) in [6.45, 7) is 5.27. The van der Waals surface area contributed by atoms with Gasteiger partial charge in [0.05, 0.1) is 0 Å². The summed E-state index contributed by atoms with van der Waals surface area (Å²) in [5.41, 5.74) is 0.345. The van der Waals surface area contributed by atoms with E-state index in [0.29, 0.717) is 18.4 Å². The van der Waals surface area contributed by atoms with Crippen molar-refractivity contribution in [1.82, 2.24) is 5.32 Å². The molecule has 0 saturated heterocycles. The van der Waals surface area contributed by atoms with Crippen molar-refractivity contribution in [3.63, 3.8) is 0 Å². The highest BCUT2D eigenvalue weighted by Crippen LogP contribution is 2.14. The van der Waals surface area contributed by atoms with Gasteiger partial charge in [0.15, 0.2) is 5.78 Å². The lowest BCUT2D eigenvalue weighted by Crippen LogP contribution is -2.52. The van der Waals surface area contributed by atoms with Crippen molar-refractivity contribution in [1.29, 1.82) is 0 Å². The molecule has 0 aliphatic rings. The maximum Gasteiger partial charge on any atom is 0.329 e. The molecule has 5 nitrogen and oxygen atoms in total. The molecule has 0 heterocycles. The van der Waals surface area contributed by atoms with Crippen LogP contribution in [0.2, 0.25) is 0 Å². The fourth-order valence-corrected chi connectivity index (χ4v) is 2.20. The zero-order valence-corrected chi connectivity index (χ0v) is 13.3. The first kappa shape index (κ1) is 17.9. The Kier molecular flexibility index (Phi) is 6.28. The smallest absolute Gasteiger partial charge is 0.329 e. The number of carboxylic acid groups (broad SMARTS) is 1. The third-order valence-corrected chi connectivity index (χ3v) is 3.59. The maximum absolute atomic E-state index is 12.0. The van der Waals surface area contributed by atoms with Gasteiger partial charge in [0.1, 0.15) is 5.54 Å². The van der Waals surface area contributed by atoms with E-state index in [1.165, 1.54) is 6.92 Å². The SMILES string of the molecule is CCCC(C)(NC(=O)CCC(=O)c1ccc(C)cc1)C(=O)O. The molecular weight excluding hydrogens is 282 g/mol. The van der Waals surface area contributed by atoms with Crippen LogP contribution in [0.15, 0.2) is 24.3 Å². The number of amides is 1. The maximum atomic E-state index is 12.0. The molecule has 1 atom stereocenters. The summed E-state index contributed by atoms with van der Waals surface area (Å²) in [5, 5.41) is 11.7. The molecule has 0 aliphatic carbocycles. The average molecular weight is 305 g/mol. The molecule has 1 unspecified atom stereocenters. The zero-order chi connectivity index (χ0) is 16.8. The summed E-state index contributed by atoms with van der Waals surface area (Å²) in [5.74, 6) is -1.60. The van der Waals surface area contributed by atoms with Gasteiger partial charge in [0, 0.05) is 18.4 Å². The summed E-state index contributed by atoms with van der Waals surface area (Å²) in [6, 6.07) is 7.15. The number of aryl methyl sites for hydroxylation is 1. The lowest BCUT2D eigenvalue weighted by molar-refractivity contribution is -0.147. The molecule has 1 rings (SSSR count). The highest BCUT2D eigenvalue weighted by molar-refractivity contribution is 5.98. The first-order valence-electron chi connectivity index (χ1n) is 7.43. The zero-order valence-electron chi connectivity index (χ0n) is 13.3. The normalized spacial score (nSPS) is 13.2. The van der Waals surface area contributed by atoms with E-state index in [9.17, 15) is 19.5 Å². The fraction of sp³-hybridized carbons (Fsp3) is 0.471. The van der Waals surface area contributed by atoms with Crippen LogP contribution in [0.3, 0.4) is 0 Å². The standard InChI is InChI=1S/C17H23NO4/c1-4-11-17(3,16(21)22)18-15(20)10-9-14(19)13-7-5-12(2)6-8-13/h5-8H,4,9-11H2,1-3H3,(H,18,20)(H,21,22). The Morgan fingerprint density at radius 1 is 1.14 bits per heavy atom. The van der Waals surface area contributed by atoms with Crippen LogP contribution in [0.4, 0.5) is 0 Å². The summed E-state index contributed by atoms with van der Waals surface area (Å²) in [4.78, 5) is 35.1. The molecular formula is C17H23NO4. The molecule has 0 spiro atoms. The Hall–Kier alpha value is -2.17. The van der Waals surface area contributed by atoms with Gasteiger partial charge >= 0.3 is 5.97 Å². The molecule has 0 saturated carbocycles. The van der Waals surface area contributed by atoms with Gasteiger partial charge in [-0.25, -0.2) is 4.79 Å². The van der Waals surface area contributed by atoms with Crippen LogP contribution in [-0.2, 0) is 9.59 Å². The number of carboxylic acids is 1. The predicted molar refractivity (Wildman–Crippen MR) is 83.8 cm³/mol. The molecule has 0 bridgehead atoms. The Bertz CT molecular complexity index is 550. The molecule has 5 heteroatoms. The van der Waals surface area contributed by atoms with E-state index in [4.69, 9.17) is 0 Å². The van der Waals surface area contributed by atoms with Crippen molar-refractivity contribution in [2.24, 2.45) is 0 Å². The van der Waals surface area contributed by atoms with Crippen LogP contribution < -0.4 is 5.32 Å². The summed E-state index contributed by atoms with van der Waals surface area (Å²) >= 11 is 0. The molecule has 0 aliphatic heterocycles. The topological polar surface area (TPSA) is 83.5 Å². The first-order valence-corrected chi connectivity index (χ1v) is 7.43. The largest absolute Gasteiger partial charge is 0.480 e. The molecule has 1 amide bonds. The van der Waals surface area contributed by atoms with E-state index in [0.717, 1.165) is 5.56 Å². The number of benzene rings is 1. The molecule has 120 valence electrons. The number of rotatable bonds is 8. The van der Waals surface area contributed by atoms with Crippen molar-refractivity contribution in [2.75, 3.05) is 0 Å². The summed E-state index contributed by atoms with van der Waals surface area (Å²) < 4.78 is 0. The van der Waals surface area contributed by atoms with Crippen molar-refractivity contribution in [2.45, 2.75) is 52.0 Å². The third kappa shape index (κ3) is 4.98. The Morgan fingerprint density at radius 3 is 2.23 bits per heavy atom. The Labute approximate surface area is 130 Å². The first-order chi connectivity index (χ1) is 10.3. The van der Waals surface area contributed by atoms with Gasteiger partial charge in [-0.15, -0.1) is 0 Å². The number of carbonyl (C=O) groups excluding carboxylic acids is 2. The average Bonchev–Trinajstić information content (AvgIpc) is 2.45. The van der Waals surface area contributed by atoms with E-state index in [2.05, 4.69) is 5.32 Å².